The van der Waals surface area contributed by atoms with Crippen LogP contribution in [-0.4, -0.2) is 49.2 Å². The van der Waals surface area contributed by atoms with E-state index in [1.807, 2.05) is 12.1 Å². The summed E-state index contributed by atoms with van der Waals surface area (Å²) in [5, 5.41) is 19.8. The molecule has 5 aromatic rings. The molecule has 4 aromatic carbocycles. The predicted molar refractivity (Wildman–Crippen MR) is 187 cm³/mol. The Hall–Kier alpha value is -4.80. The molecule has 1 saturated carbocycles. The highest BCUT2D eigenvalue weighted by molar-refractivity contribution is 6.05. The van der Waals surface area contributed by atoms with Crippen molar-refractivity contribution in [2.75, 3.05) is 6.54 Å². The normalized spacial score (nSPS) is 18.9. The van der Waals surface area contributed by atoms with E-state index in [1.54, 1.807) is 47.4 Å². The molecule has 1 aromatic heterocycles. The Morgan fingerprint density at radius 2 is 1.72 bits per heavy atom. The van der Waals surface area contributed by atoms with Crippen LogP contribution in [0.4, 0.5) is 8.78 Å². The Kier molecular flexibility index (Phi) is 9.09. The zero-order valence-electron chi connectivity index (χ0n) is 27.1. The molecule has 0 spiro atoms. The second kappa shape index (κ2) is 13.5. The molecule has 258 valence electrons. The fourth-order valence-electron chi connectivity index (χ4n) is 7.87. The van der Waals surface area contributed by atoms with Crippen LogP contribution in [0.25, 0.3) is 33.5 Å². The number of benzene rings is 4. The van der Waals surface area contributed by atoms with Gasteiger partial charge in [0.2, 0.25) is 0 Å². The van der Waals surface area contributed by atoms with Crippen molar-refractivity contribution in [1.29, 1.82) is 0 Å². The van der Waals surface area contributed by atoms with E-state index in [9.17, 15) is 19.8 Å². The highest BCUT2D eigenvalue weighted by Crippen LogP contribution is 2.44. The Balaban J connectivity index is 0.00000392. The van der Waals surface area contributed by atoms with Crippen molar-refractivity contribution in [2.45, 2.75) is 69.7 Å². The third-order valence-corrected chi connectivity index (χ3v) is 10.3. The van der Waals surface area contributed by atoms with E-state index in [0.29, 0.717) is 53.0 Å². The van der Waals surface area contributed by atoms with Crippen LogP contribution < -0.4 is 4.74 Å². The van der Waals surface area contributed by atoms with Crippen LogP contribution >= 0.6 is 12.4 Å². The smallest absolute Gasteiger partial charge is 0.335 e. The molecule has 3 heterocycles. The predicted octanol–water partition coefficient (Wildman–Crippen LogP) is 8.50. The van der Waals surface area contributed by atoms with E-state index in [2.05, 4.69) is 4.57 Å². The van der Waals surface area contributed by atoms with Gasteiger partial charge in [-0.1, -0.05) is 43.5 Å². The van der Waals surface area contributed by atoms with Gasteiger partial charge < -0.3 is 24.4 Å². The molecule has 0 radical (unpaired) electrons. The van der Waals surface area contributed by atoms with Crippen LogP contribution in [-0.2, 0) is 6.61 Å². The number of aromatic carboxylic acids is 1. The number of nitrogens with zero attached hydrogens (tertiary/aromatic N) is 3. The molecular formula is C39H36ClF2N3O5. The number of hydrogen-bond acceptors (Lipinski definition) is 5. The van der Waals surface area contributed by atoms with Gasteiger partial charge in [-0.3, -0.25) is 4.79 Å². The molecule has 2 N–H and O–H groups in total. The van der Waals surface area contributed by atoms with Gasteiger partial charge in [0.15, 0.2) is 0 Å². The first kappa shape index (κ1) is 33.7. The number of carbonyl (C=O) groups excluding carboxylic acids is 1. The lowest BCUT2D eigenvalue weighted by Crippen LogP contribution is -2.37. The van der Waals surface area contributed by atoms with Gasteiger partial charge in [0.1, 0.15) is 29.8 Å². The number of aliphatic hydroxyl groups is 1. The quantitative estimate of drug-likeness (QED) is 0.177. The molecule has 8 rings (SSSR count). The minimum absolute atomic E-state index is 0. The number of carbonyl (C=O) groups is 2. The highest BCUT2D eigenvalue weighted by atomic mass is 35.5. The number of aromatic nitrogens is 2. The zero-order valence-corrected chi connectivity index (χ0v) is 28.0. The van der Waals surface area contributed by atoms with Crippen LogP contribution in [0.15, 0.2) is 72.8 Å². The molecule has 8 nitrogen and oxygen atoms in total. The van der Waals surface area contributed by atoms with Crippen LogP contribution in [0.2, 0.25) is 0 Å². The number of imidazole rings is 1. The van der Waals surface area contributed by atoms with Crippen LogP contribution in [0.5, 0.6) is 5.75 Å². The lowest BCUT2D eigenvalue weighted by Gasteiger charge is -2.32. The van der Waals surface area contributed by atoms with E-state index in [0.717, 1.165) is 43.2 Å². The Bertz CT molecular complexity index is 2130. The van der Waals surface area contributed by atoms with Gasteiger partial charge in [-0.25, -0.2) is 18.6 Å². The van der Waals surface area contributed by atoms with E-state index >= 15 is 8.78 Å². The number of hydrogen-bond donors (Lipinski definition) is 2. The van der Waals surface area contributed by atoms with Gasteiger partial charge in [0, 0.05) is 24.2 Å². The molecule has 2 atom stereocenters. The second-order valence-electron chi connectivity index (χ2n) is 13.3. The maximum Gasteiger partial charge on any atom is 0.335 e. The van der Waals surface area contributed by atoms with Gasteiger partial charge in [0.05, 0.1) is 39.9 Å². The minimum Gasteiger partial charge on any atom is -0.489 e. The standard InChI is InChI=1S/C39H35F2N3O5.ClH/c40-31-13-9-22(17-30(31)27-7-4-8-29-35-19-25(45)15-16-43(35)38(46)36(27)29)21-49-26-11-12-28(32(41)20-26)37-42-33-18-23(39(47)48)10-14-34(33)44(37)24-5-2-1-3-6-24;/h4,7-14,17-18,20,24-25,35,45H,1-3,5-6,15-16,19,21H2,(H,47,48);1H. The Morgan fingerprint density at radius 1 is 0.900 bits per heavy atom. The number of fused-ring (bicyclic) bond motifs is 4. The molecule has 0 bridgehead atoms. The first-order chi connectivity index (χ1) is 23.8. The van der Waals surface area contributed by atoms with Gasteiger partial charge in [-0.05, 0) is 84.8 Å². The number of rotatable bonds is 7. The van der Waals surface area contributed by atoms with E-state index in [4.69, 9.17) is 9.72 Å². The summed E-state index contributed by atoms with van der Waals surface area (Å²) in [6, 6.07) is 19.4. The van der Waals surface area contributed by atoms with Crippen molar-refractivity contribution < 1.29 is 33.3 Å². The highest BCUT2D eigenvalue weighted by Gasteiger charge is 2.42. The summed E-state index contributed by atoms with van der Waals surface area (Å²) in [6.07, 6.45) is 5.62. The fraction of sp³-hybridized carbons (Fsp3) is 0.308. The van der Waals surface area contributed by atoms with Gasteiger partial charge in [0.25, 0.3) is 5.91 Å². The van der Waals surface area contributed by atoms with Gasteiger partial charge in [-0.2, -0.15) is 0 Å². The Labute approximate surface area is 293 Å². The number of carboxylic acid groups (broad SMARTS) is 1. The monoisotopic (exact) mass is 699 g/mol. The molecule has 2 unspecified atom stereocenters. The number of ether oxygens (including phenoxy) is 1. The Morgan fingerprint density at radius 3 is 2.50 bits per heavy atom. The molecule has 1 amide bonds. The zero-order chi connectivity index (χ0) is 33.8. The first-order valence-corrected chi connectivity index (χ1v) is 16.9. The van der Waals surface area contributed by atoms with Crippen molar-refractivity contribution in [3.63, 3.8) is 0 Å². The molecular weight excluding hydrogens is 664 g/mol. The summed E-state index contributed by atoms with van der Waals surface area (Å²) >= 11 is 0. The number of amides is 1. The fourth-order valence-corrected chi connectivity index (χ4v) is 7.87. The SMILES string of the molecule is Cl.O=C(O)c1ccc2c(c1)nc(-c1ccc(OCc3ccc(F)c(-c4cccc5c4C(=O)N4CCC(O)CC54)c3)cc1F)n2C1CCCCC1. The maximum atomic E-state index is 15.9. The van der Waals surface area contributed by atoms with Crippen molar-refractivity contribution in [2.24, 2.45) is 0 Å². The summed E-state index contributed by atoms with van der Waals surface area (Å²) in [6.45, 7) is 0.490. The van der Waals surface area contributed by atoms with Crippen molar-refractivity contribution in [3.8, 4) is 28.3 Å². The largest absolute Gasteiger partial charge is 0.489 e. The summed E-state index contributed by atoms with van der Waals surface area (Å²) in [5.74, 6) is -1.46. The van der Waals surface area contributed by atoms with E-state index in [-0.39, 0.29) is 53.9 Å². The van der Waals surface area contributed by atoms with E-state index < -0.39 is 23.7 Å². The number of halogens is 3. The molecule has 2 aliphatic heterocycles. The summed E-state index contributed by atoms with van der Waals surface area (Å²) < 4.78 is 39.2. The number of aliphatic hydroxyl groups excluding tert-OH is 1. The number of carboxylic acids is 1. The van der Waals surface area contributed by atoms with Gasteiger partial charge in [-0.15, -0.1) is 12.4 Å². The molecule has 1 saturated heterocycles. The number of piperidine rings is 1. The third kappa shape index (κ3) is 5.90. The average Bonchev–Trinajstić information content (AvgIpc) is 3.62. The van der Waals surface area contributed by atoms with E-state index in [1.165, 1.54) is 18.2 Å². The summed E-state index contributed by atoms with van der Waals surface area (Å²) in [7, 11) is 0. The van der Waals surface area contributed by atoms with Gasteiger partial charge >= 0.3 is 5.97 Å². The average molecular weight is 700 g/mol. The minimum atomic E-state index is -1.05. The van der Waals surface area contributed by atoms with Crippen molar-refractivity contribution >= 4 is 35.3 Å². The lowest BCUT2D eigenvalue weighted by molar-refractivity contribution is 0.0390. The van der Waals surface area contributed by atoms with Crippen LogP contribution in [0.1, 0.15) is 88.9 Å². The molecule has 50 heavy (non-hydrogen) atoms. The lowest BCUT2D eigenvalue weighted by atomic mass is 9.91. The summed E-state index contributed by atoms with van der Waals surface area (Å²) in [4.78, 5) is 31.6. The topological polar surface area (TPSA) is 105 Å². The molecule has 1 aliphatic carbocycles. The second-order valence-corrected chi connectivity index (χ2v) is 13.3. The first-order valence-electron chi connectivity index (χ1n) is 16.9. The van der Waals surface area contributed by atoms with Crippen LogP contribution in [0, 0.1) is 11.6 Å². The molecule has 3 aliphatic rings. The molecule has 2 fully saturated rings. The third-order valence-electron chi connectivity index (χ3n) is 10.3. The molecule has 11 heteroatoms. The summed E-state index contributed by atoms with van der Waals surface area (Å²) in [5.41, 5.74) is 4.39. The van der Waals surface area contributed by atoms with Crippen molar-refractivity contribution in [3.05, 3.63) is 107 Å². The maximum absolute atomic E-state index is 15.9. The van der Waals surface area contributed by atoms with Crippen LogP contribution in [0.3, 0.4) is 0 Å². The van der Waals surface area contributed by atoms with Crippen molar-refractivity contribution in [1.82, 2.24) is 14.5 Å².